The first-order chi connectivity index (χ1) is 11.7. The third-order valence-corrected chi connectivity index (χ3v) is 4.21. The van der Waals surface area contributed by atoms with Crippen molar-refractivity contribution in [2.45, 2.75) is 32.4 Å². The Hall–Kier alpha value is -2.89. The Labute approximate surface area is 139 Å². The Morgan fingerprint density at radius 3 is 2.92 bits per heavy atom. The van der Waals surface area contributed by atoms with Crippen molar-refractivity contribution in [2.24, 2.45) is 0 Å². The molecule has 0 saturated heterocycles. The van der Waals surface area contributed by atoms with Crippen LogP contribution in [0.5, 0.6) is 0 Å². The number of aromatic nitrogens is 3. The van der Waals surface area contributed by atoms with Gasteiger partial charge in [-0.2, -0.15) is 4.98 Å². The topological polar surface area (TPSA) is 73.0 Å². The maximum Gasteiger partial charge on any atom is 0.268 e. The molecule has 1 aliphatic carbocycles. The molecule has 0 unspecified atom stereocenters. The van der Waals surface area contributed by atoms with E-state index in [1.165, 1.54) is 0 Å². The van der Waals surface area contributed by atoms with Gasteiger partial charge >= 0.3 is 0 Å². The first-order valence-corrected chi connectivity index (χ1v) is 8.06. The number of aryl methyl sites for hydroxylation is 1. The first-order valence-electron chi connectivity index (χ1n) is 8.06. The second kappa shape index (κ2) is 5.96. The molecule has 2 heterocycles. The van der Waals surface area contributed by atoms with Gasteiger partial charge in [0, 0.05) is 17.8 Å². The summed E-state index contributed by atoms with van der Waals surface area (Å²) in [5.41, 5.74) is 2.69. The number of carbonyl (C=O) groups excluding carboxylic acids is 1. The van der Waals surface area contributed by atoms with Crippen molar-refractivity contribution in [2.75, 3.05) is 0 Å². The minimum atomic E-state index is -0.123. The van der Waals surface area contributed by atoms with Crippen LogP contribution in [0.15, 0.2) is 47.1 Å². The molecule has 1 aromatic carbocycles. The molecule has 1 aliphatic rings. The van der Waals surface area contributed by atoms with Crippen molar-refractivity contribution < 1.29 is 9.32 Å². The van der Waals surface area contributed by atoms with Crippen LogP contribution in [0.4, 0.5) is 0 Å². The smallest absolute Gasteiger partial charge is 0.268 e. The van der Waals surface area contributed by atoms with E-state index in [1.807, 2.05) is 54.1 Å². The van der Waals surface area contributed by atoms with Crippen molar-refractivity contribution in [3.05, 3.63) is 59.7 Å². The zero-order chi connectivity index (χ0) is 16.5. The van der Waals surface area contributed by atoms with Crippen molar-refractivity contribution in [1.29, 1.82) is 0 Å². The lowest BCUT2D eigenvalue weighted by Gasteiger charge is -2.07. The molecule has 1 fully saturated rings. The van der Waals surface area contributed by atoms with Crippen LogP contribution < -0.4 is 5.32 Å². The Kier molecular flexibility index (Phi) is 3.65. The van der Waals surface area contributed by atoms with Gasteiger partial charge in [0.05, 0.1) is 6.54 Å². The summed E-state index contributed by atoms with van der Waals surface area (Å²) in [4.78, 5) is 16.7. The molecule has 0 atom stereocenters. The highest BCUT2D eigenvalue weighted by molar-refractivity contribution is 5.92. The average molecular weight is 322 g/mol. The van der Waals surface area contributed by atoms with Crippen molar-refractivity contribution >= 4 is 5.91 Å². The molecule has 6 nitrogen and oxygen atoms in total. The maximum absolute atomic E-state index is 12.3. The van der Waals surface area contributed by atoms with E-state index in [0.29, 0.717) is 23.5 Å². The van der Waals surface area contributed by atoms with Gasteiger partial charge in [0.1, 0.15) is 5.69 Å². The average Bonchev–Trinajstić information content (AvgIpc) is 3.13. The summed E-state index contributed by atoms with van der Waals surface area (Å²) in [7, 11) is 0. The van der Waals surface area contributed by atoms with Gasteiger partial charge in [-0.3, -0.25) is 4.79 Å². The van der Waals surface area contributed by atoms with Gasteiger partial charge in [-0.05, 0) is 37.5 Å². The van der Waals surface area contributed by atoms with Crippen molar-refractivity contribution in [3.63, 3.8) is 0 Å². The second-order valence-electron chi connectivity index (χ2n) is 6.04. The number of hydrogen-bond donors (Lipinski definition) is 1. The third kappa shape index (κ3) is 2.82. The molecular weight excluding hydrogens is 304 g/mol. The summed E-state index contributed by atoms with van der Waals surface area (Å²) < 4.78 is 7.28. The van der Waals surface area contributed by atoms with E-state index >= 15 is 0 Å². The molecule has 2 aromatic heterocycles. The van der Waals surface area contributed by atoms with E-state index in [4.69, 9.17) is 4.52 Å². The molecule has 4 rings (SSSR count). The summed E-state index contributed by atoms with van der Waals surface area (Å²) in [6, 6.07) is 12.1. The van der Waals surface area contributed by atoms with Gasteiger partial charge in [-0.15, -0.1) is 0 Å². The summed E-state index contributed by atoms with van der Waals surface area (Å²) in [6.45, 7) is 2.22. The summed E-state index contributed by atoms with van der Waals surface area (Å²) in [6.07, 6.45) is 4.23. The number of amides is 1. The standard InChI is InChI=1S/C18H18N4O2/c1-12-5-2-3-6-14(12)17-20-16(24-21-17)11-19-18(23)15-7-4-10-22(15)13-8-9-13/h2-7,10,13H,8-9,11H2,1H3,(H,19,23). The lowest BCUT2D eigenvalue weighted by molar-refractivity contribution is 0.0936. The quantitative estimate of drug-likeness (QED) is 0.783. The molecule has 3 aromatic rings. The SMILES string of the molecule is Cc1ccccc1-c1noc(CNC(=O)c2cccn2C2CC2)n1. The predicted molar refractivity (Wildman–Crippen MR) is 88.3 cm³/mol. The highest BCUT2D eigenvalue weighted by Gasteiger charge is 2.26. The largest absolute Gasteiger partial charge is 0.342 e. The Morgan fingerprint density at radius 1 is 1.29 bits per heavy atom. The molecule has 0 radical (unpaired) electrons. The van der Waals surface area contributed by atoms with E-state index in [2.05, 4.69) is 15.5 Å². The highest BCUT2D eigenvalue weighted by atomic mass is 16.5. The number of rotatable bonds is 5. The summed E-state index contributed by atoms with van der Waals surface area (Å²) >= 11 is 0. The van der Waals surface area contributed by atoms with Crippen LogP contribution in [-0.2, 0) is 6.54 Å². The van der Waals surface area contributed by atoms with Gasteiger partial charge in [0.15, 0.2) is 0 Å². The van der Waals surface area contributed by atoms with Gasteiger partial charge in [-0.1, -0.05) is 29.4 Å². The molecule has 0 aliphatic heterocycles. The Morgan fingerprint density at radius 2 is 2.12 bits per heavy atom. The lowest BCUT2D eigenvalue weighted by Crippen LogP contribution is -2.25. The monoisotopic (exact) mass is 322 g/mol. The number of hydrogen-bond acceptors (Lipinski definition) is 4. The molecule has 0 bridgehead atoms. The van der Waals surface area contributed by atoms with Crippen molar-refractivity contribution in [1.82, 2.24) is 20.0 Å². The minimum absolute atomic E-state index is 0.123. The number of nitrogens with zero attached hydrogens (tertiary/aromatic N) is 3. The zero-order valence-corrected chi connectivity index (χ0v) is 13.4. The van der Waals surface area contributed by atoms with Crippen LogP contribution >= 0.6 is 0 Å². The zero-order valence-electron chi connectivity index (χ0n) is 13.4. The van der Waals surface area contributed by atoms with E-state index in [-0.39, 0.29) is 12.5 Å². The second-order valence-corrected chi connectivity index (χ2v) is 6.04. The van der Waals surface area contributed by atoms with Crippen LogP contribution in [0, 0.1) is 6.92 Å². The Balaban J connectivity index is 1.44. The molecule has 1 saturated carbocycles. The number of carbonyl (C=O) groups is 1. The summed E-state index contributed by atoms with van der Waals surface area (Å²) in [5.74, 6) is 0.812. The maximum atomic E-state index is 12.3. The van der Waals surface area contributed by atoms with Crippen LogP contribution in [0.2, 0.25) is 0 Å². The molecular formula is C18H18N4O2. The van der Waals surface area contributed by atoms with E-state index in [0.717, 1.165) is 24.0 Å². The van der Waals surface area contributed by atoms with Crippen LogP contribution in [-0.4, -0.2) is 20.6 Å². The first kappa shape index (κ1) is 14.7. The van der Waals surface area contributed by atoms with Crippen LogP contribution in [0.1, 0.15) is 40.8 Å². The van der Waals surface area contributed by atoms with Crippen LogP contribution in [0.3, 0.4) is 0 Å². The number of benzene rings is 1. The van der Waals surface area contributed by atoms with E-state index in [1.54, 1.807) is 0 Å². The highest BCUT2D eigenvalue weighted by Crippen LogP contribution is 2.35. The van der Waals surface area contributed by atoms with E-state index < -0.39 is 0 Å². The van der Waals surface area contributed by atoms with Crippen LogP contribution in [0.25, 0.3) is 11.4 Å². The Bertz CT molecular complexity index is 877. The van der Waals surface area contributed by atoms with Crippen molar-refractivity contribution in [3.8, 4) is 11.4 Å². The summed E-state index contributed by atoms with van der Waals surface area (Å²) in [5, 5.41) is 6.85. The van der Waals surface area contributed by atoms with Gasteiger partial charge in [0.2, 0.25) is 11.7 Å². The molecule has 24 heavy (non-hydrogen) atoms. The fraction of sp³-hybridized carbons (Fsp3) is 0.278. The third-order valence-electron chi connectivity index (χ3n) is 4.21. The molecule has 1 N–H and O–H groups in total. The molecule has 122 valence electrons. The fourth-order valence-electron chi connectivity index (χ4n) is 2.76. The molecule has 6 heteroatoms. The van der Waals surface area contributed by atoms with Gasteiger partial charge in [0.25, 0.3) is 5.91 Å². The normalized spacial score (nSPS) is 13.9. The number of nitrogens with one attached hydrogen (secondary N) is 1. The van der Waals surface area contributed by atoms with E-state index in [9.17, 15) is 4.79 Å². The van der Waals surface area contributed by atoms with Gasteiger partial charge < -0.3 is 14.4 Å². The predicted octanol–water partition coefficient (Wildman–Crippen LogP) is 3.11. The fourth-order valence-corrected chi connectivity index (χ4v) is 2.76. The lowest BCUT2D eigenvalue weighted by atomic mass is 10.1. The molecule has 1 amide bonds. The molecule has 0 spiro atoms. The van der Waals surface area contributed by atoms with Gasteiger partial charge in [-0.25, -0.2) is 0 Å². The minimum Gasteiger partial charge on any atom is -0.342 e.